The zero-order valence-corrected chi connectivity index (χ0v) is 23.5. The van der Waals surface area contributed by atoms with Crippen LogP contribution in [-0.2, 0) is 9.53 Å². The van der Waals surface area contributed by atoms with Crippen molar-refractivity contribution in [2.24, 2.45) is 0 Å². The van der Waals surface area contributed by atoms with Crippen LogP contribution in [0.1, 0.15) is 137 Å². The molecule has 0 fully saturated rings. The predicted molar refractivity (Wildman–Crippen MR) is 146 cm³/mol. The van der Waals surface area contributed by atoms with Crippen molar-refractivity contribution in [1.82, 2.24) is 0 Å². The van der Waals surface area contributed by atoms with Gasteiger partial charge in [0.2, 0.25) is 0 Å². The molecule has 1 heterocycles. The molecule has 1 aliphatic carbocycles. The van der Waals surface area contributed by atoms with Gasteiger partial charge in [0.15, 0.2) is 10.8 Å². The normalized spacial score (nSPS) is 11.1. The fourth-order valence-electron chi connectivity index (χ4n) is 3.83. The molecule has 1 aliphatic heterocycles. The Morgan fingerprint density at radius 1 is 0.618 bits per heavy atom. The molecule has 0 saturated heterocycles. The Kier molecular flexibility index (Phi) is 19.1. The van der Waals surface area contributed by atoms with Gasteiger partial charge in [0, 0.05) is 6.92 Å². The molecule has 5 heteroatoms. The molecule has 4 nitrogen and oxygen atoms in total. The third-order valence-electron chi connectivity index (χ3n) is 5.98. The van der Waals surface area contributed by atoms with Crippen LogP contribution in [0.2, 0.25) is 0 Å². The van der Waals surface area contributed by atoms with E-state index in [1.165, 1.54) is 120 Å². The lowest BCUT2D eigenvalue weighted by molar-refractivity contribution is -0.140. The van der Waals surface area contributed by atoms with E-state index in [2.05, 4.69) is 18.6 Å². The minimum Gasteiger partial charge on any atom is -0.491 e. The Labute approximate surface area is 214 Å². The highest BCUT2D eigenvalue weighted by molar-refractivity contribution is 7.23. The quantitative estimate of drug-likeness (QED) is 0.120. The molecule has 0 amide bonds. The molecule has 0 saturated carbocycles. The van der Waals surface area contributed by atoms with E-state index in [0.717, 1.165) is 30.4 Å². The van der Waals surface area contributed by atoms with Crippen LogP contribution in [0.3, 0.4) is 0 Å². The lowest BCUT2D eigenvalue weighted by atomic mass is 10.1. The van der Waals surface area contributed by atoms with Gasteiger partial charge in [-0.3, -0.25) is 4.79 Å². The Balaban J connectivity index is 0.000000718. The van der Waals surface area contributed by atoms with Crippen molar-refractivity contribution in [3.8, 4) is 21.3 Å². The topological polar surface area (TPSA) is 44.8 Å². The largest absolute Gasteiger partial charge is 0.491 e. The van der Waals surface area contributed by atoms with Crippen molar-refractivity contribution in [3.05, 3.63) is 0 Å². The maximum atomic E-state index is 9.98. The summed E-state index contributed by atoms with van der Waals surface area (Å²) in [5.74, 6) is 0.954. The molecule has 0 unspecified atom stereocenters. The number of fused-ring (bicyclic) bond motifs is 1. The van der Waals surface area contributed by atoms with Crippen LogP contribution in [-0.4, -0.2) is 25.8 Å². The van der Waals surface area contributed by atoms with Gasteiger partial charge in [-0.25, -0.2) is 0 Å². The molecular weight excluding hydrogens is 444 g/mol. The monoisotopic (exact) mass is 496 g/mol. The van der Waals surface area contributed by atoms with Gasteiger partial charge in [0.1, 0.15) is 0 Å². The zero-order chi connectivity index (χ0) is 24.9. The van der Waals surface area contributed by atoms with Gasteiger partial charge in [-0.1, -0.05) is 122 Å². The van der Waals surface area contributed by atoms with Gasteiger partial charge in [-0.2, -0.15) is 0 Å². The van der Waals surface area contributed by atoms with Gasteiger partial charge < -0.3 is 14.2 Å². The smallest absolute Gasteiger partial charge is 0.302 e. The lowest BCUT2D eigenvalue weighted by Crippen LogP contribution is -1.98. The molecular formula is C29H52O4S. The summed E-state index contributed by atoms with van der Waals surface area (Å²) in [6, 6.07) is 0. The second kappa shape index (κ2) is 21.1. The third-order valence-corrected chi connectivity index (χ3v) is 7.08. The molecule has 0 radical (unpaired) electrons. The second-order valence-corrected chi connectivity index (χ2v) is 10.4. The Bertz CT molecular complexity index is 599. The van der Waals surface area contributed by atoms with Gasteiger partial charge in [0.05, 0.1) is 30.3 Å². The molecule has 0 aromatic heterocycles. The minimum absolute atomic E-state index is 0.193. The summed E-state index contributed by atoms with van der Waals surface area (Å²) in [6.45, 7) is 10.2. The molecule has 2 aliphatic rings. The Morgan fingerprint density at radius 3 is 1.53 bits per heavy atom. The first-order chi connectivity index (χ1) is 16.7. The number of hydrogen-bond donors (Lipinski definition) is 0. The average molecular weight is 497 g/mol. The van der Waals surface area contributed by atoms with Crippen molar-refractivity contribution < 1.29 is 19.0 Å². The maximum absolute atomic E-state index is 9.98. The van der Waals surface area contributed by atoms with Crippen LogP contribution in [0.15, 0.2) is 0 Å². The SMILES string of the molecule is CCCCCCCCCCOc1sc2c(OCCCCCCCCCC)c1-2.CCCOC(C)=O. The van der Waals surface area contributed by atoms with Gasteiger partial charge in [-0.05, 0) is 19.3 Å². The number of esters is 1. The molecule has 34 heavy (non-hydrogen) atoms. The Morgan fingerprint density at radius 2 is 1.09 bits per heavy atom. The summed E-state index contributed by atoms with van der Waals surface area (Å²) in [4.78, 5) is 11.3. The number of hydrogen-bond acceptors (Lipinski definition) is 5. The van der Waals surface area contributed by atoms with Crippen LogP contribution in [0.4, 0.5) is 0 Å². The summed E-state index contributed by atoms with van der Waals surface area (Å²) in [5, 5.41) is 1.12. The molecule has 198 valence electrons. The van der Waals surface area contributed by atoms with Crippen LogP contribution >= 0.6 is 11.3 Å². The fraction of sp³-hybridized carbons (Fsp3) is 0.828. The van der Waals surface area contributed by atoms with E-state index in [1.54, 1.807) is 11.3 Å². The first-order valence-corrected chi connectivity index (χ1v) is 15.0. The summed E-state index contributed by atoms with van der Waals surface area (Å²) in [5.41, 5.74) is 1.30. The van der Waals surface area contributed by atoms with Crippen molar-refractivity contribution in [2.45, 2.75) is 137 Å². The van der Waals surface area contributed by atoms with E-state index in [9.17, 15) is 4.79 Å². The van der Waals surface area contributed by atoms with Crippen molar-refractivity contribution in [2.75, 3.05) is 19.8 Å². The van der Waals surface area contributed by atoms with Gasteiger partial charge in [0.25, 0.3) is 0 Å². The van der Waals surface area contributed by atoms with Crippen LogP contribution in [0.25, 0.3) is 10.4 Å². The summed E-state index contributed by atoms with van der Waals surface area (Å²) < 4.78 is 16.4. The molecule has 0 aromatic rings. The lowest BCUT2D eigenvalue weighted by Gasteiger charge is -2.06. The van der Waals surface area contributed by atoms with Crippen LogP contribution in [0, 0.1) is 0 Å². The van der Waals surface area contributed by atoms with E-state index in [1.807, 2.05) is 6.92 Å². The molecule has 0 spiro atoms. The van der Waals surface area contributed by atoms with Gasteiger partial charge >= 0.3 is 5.97 Å². The Hall–Kier alpha value is -1.23. The number of unbranched alkanes of at least 4 members (excludes halogenated alkanes) is 14. The molecule has 2 rings (SSSR count). The van der Waals surface area contributed by atoms with Crippen molar-refractivity contribution in [3.63, 3.8) is 0 Å². The number of carbonyl (C=O) groups excluding carboxylic acids is 1. The highest BCUT2D eigenvalue weighted by Gasteiger charge is 2.38. The van der Waals surface area contributed by atoms with E-state index in [0.29, 0.717) is 6.61 Å². The first-order valence-electron chi connectivity index (χ1n) is 14.2. The van der Waals surface area contributed by atoms with E-state index >= 15 is 0 Å². The highest BCUT2D eigenvalue weighted by atomic mass is 32.1. The van der Waals surface area contributed by atoms with Crippen LogP contribution in [0.5, 0.6) is 10.8 Å². The molecule has 0 aromatic carbocycles. The van der Waals surface area contributed by atoms with E-state index < -0.39 is 0 Å². The summed E-state index contributed by atoms with van der Waals surface area (Å²) in [7, 11) is 0. The van der Waals surface area contributed by atoms with E-state index in [-0.39, 0.29) is 5.97 Å². The number of ether oxygens (including phenoxy) is 3. The summed E-state index contributed by atoms with van der Waals surface area (Å²) >= 11 is 1.78. The first kappa shape index (κ1) is 30.8. The second-order valence-electron chi connectivity index (χ2n) is 9.41. The van der Waals surface area contributed by atoms with Crippen molar-refractivity contribution in [1.29, 1.82) is 0 Å². The minimum atomic E-state index is -0.193. The van der Waals surface area contributed by atoms with Gasteiger partial charge in [-0.15, -0.1) is 0 Å². The molecule has 0 N–H and O–H groups in total. The summed E-state index contributed by atoms with van der Waals surface area (Å²) in [6.07, 6.45) is 22.5. The third kappa shape index (κ3) is 14.9. The number of thiophene rings is 1. The van der Waals surface area contributed by atoms with Crippen LogP contribution < -0.4 is 9.47 Å². The highest BCUT2D eigenvalue weighted by Crippen LogP contribution is 2.67. The molecule has 0 bridgehead atoms. The number of rotatable bonds is 22. The average Bonchev–Trinajstić information content (AvgIpc) is 3.40. The fourth-order valence-corrected chi connectivity index (χ4v) is 4.79. The van der Waals surface area contributed by atoms with Crippen molar-refractivity contribution >= 4 is 17.3 Å². The zero-order valence-electron chi connectivity index (χ0n) is 22.7. The van der Waals surface area contributed by atoms with E-state index in [4.69, 9.17) is 9.47 Å². The number of carbonyl (C=O) groups is 1. The standard InChI is InChI=1S/C24H42O2S.C5H10O2/c1-3-5-7-9-11-13-15-17-19-25-22-21-23(22)27-24(21)26-20-18-16-14-12-10-8-6-4-2;1-3-4-7-5(2)6/h3-20H2,1-2H3;3-4H2,1-2H3. The maximum Gasteiger partial charge on any atom is 0.302 e. The predicted octanol–water partition coefficient (Wildman–Crippen LogP) is 9.73. The molecule has 0 atom stereocenters.